The number of aromatic amines is 1. The predicted molar refractivity (Wildman–Crippen MR) is 155 cm³/mol. The van der Waals surface area contributed by atoms with Crippen molar-refractivity contribution >= 4 is 51.5 Å². The number of carbonyl (C=O) groups excluding carboxylic acids is 2. The van der Waals surface area contributed by atoms with Gasteiger partial charge >= 0.3 is 0 Å². The van der Waals surface area contributed by atoms with Crippen LogP contribution in [0.15, 0.2) is 54.9 Å². The molecule has 5 rings (SSSR count). The minimum absolute atomic E-state index is 0.0478. The molecule has 2 fully saturated rings. The molecule has 2 saturated heterocycles. The van der Waals surface area contributed by atoms with Crippen LogP contribution in [0.1, 0.15) is 54.4 Å². The van der Waals surface area contributed by atoms with E-state index in [1.807, 2.05) is 18.3 Å². The number of benzene rings is 2. The third-order valence-corrected chi connectivity index (χ3v) is 8.61. The fraction of sp³-hybridized carbons (Fsp3) is 0.400. The molecule has 0 saturated carbocycles. The first-order chi connectivity index (χ1) is 18.4. The normalized spacial score (nSPS) is 17.9. The van der Waals surface area contributed by atoms with E-state index < -0.39 is 0 Å². The Hall–Kier alpha value is -2.80. The summed E-state index contributed by atoms with van der Waals surface area (Å²) < 4.78 is 0. The van der Waals surface area contributed by atoms with Crippen molar-refractivity contribution < 1.29 is 9.59 Å². The molecule has 3 heterocycles. The molecule has 2 aromatic carbocycles. The van der Waals surface area contributed by atoms with E-state index in [0.717, 1.165) is 69.6 Å². The second-order valence-corrected chi connectivity index (χ2v) is 11.4. The van der Waals surface area contributed by atoms with Crippen LogP contribution in [0.25, 0.3) is 10.9 Å². The Kier molecular flexibility index (Phi) is 8.42. The van der Waals surface area contributed by atoms with Gasteiger partial charge in [-0.05, 0) is 92.6 Å². The highest BCUT2D eigenvalue weighted by atomic mass is 35.5. The fourth-order valence-corrected chi connectivity index (χ4v) is 6.05. The minimum Gasteiger partial charge on any atom is -0.377 e. The van der Waals surface area contributed by atoms with Crippen molar-refractivity contribution in [3.63, 3.8) is 0 Å². The molecule has 200 valence electrons. The van der Waals surface area contributed by atoms with Crippen molar-refractivity contribution in [3.8, 4) is 0 Å². The number of amides is 1. The molecule has 0 atom stereocenters. The average molecular weight is 554 g/mol. The Morgan fingerprint density at radius 2 is 1.76 bits per heavy atom. The van der Waals surface area contributed by atoms with Crippen LogP contribution >= 0.6 is 23.2 Å². The number of nitrogens with one attached hydrogen (secondary N) is 2. The van der Waals surface area contributed by atoms with E-state index in [1.165, 1.54) is 10.9 Å². The lowest BCUT2D eigenvalue weighted by atomic mass is 9.88. The van der Waals surface area contributed by atoms with Gasteiger partial charge in [0.05, 0.1) is 10.0 Å². The number of allylic oxidation sites excluding steroid dienone is 1. The molecule has 1 amide bonds. The maximum Gasteiger partial charge on any atom is 0.221 e. The van der Waals surface area contributed by atoms with Gasteiger partial charge in [0.2, 0.25) is 5.91 Å². The van der Waals surface area contributed by atoms with Crippen molar-refractivity contribution in [2.75, 3.05) is 38.0 Å². The van der Waals surface area contributed by atoms with E-state index in [9.17, 15) is 9.59 Å². The number of H-pyrrole nitrogens is 1. The standard InChI is InChI=1S/C30H34Cl2N4O2/c1-20(37)34-24-3-5-29-25(17-24)26(18-33-29)22-8-13-36(14-9-22)19-21-6-11-35(12-7-21)15-10-30(38)23-2-4-27(31)28(32)16-23/h2-5,10,15-18,21-22,33H,6-9,11-14,19H2,1H3,(H,34,37)/b15-10+. The summed E-state index contributed by atoms with van der Waals surface area (Å²) in [6.45, 7) is 6.85. The molecular weight excluding hydrogens is 519 g/mol. The van der Waals surface area contributed by atoms with E-state index in [1.54, 1.807) is 31.2 Å². The number of anilines is 1. The highest BCUT2D eigenvalue weighted by molar-refractivity contribution is 6.42. The van der Waals surface area contributed by atoms with Gasteiger partial charge in [-0.25, -0.2) is 0 Å². The molecule has 0 bridgehead atoms. The van der Waals surface area contributed by atoms with Gasteiger partial charge < -0.3 is 20.1 Å². The molecule has 1 aromatic heterocycles. The molecule has 0 spiro atoms. The third-order valence-electron chi connectivity index (χ3n) is 7.87. The van der Waals surface area contributed by atoms with Gasteiger partial charge in [-0.15, -0.1) is 0 Å². The molecule has 2 aliphatic rings. The quantitative estimate of drug-likeness (QED) is 0.252. The van der Waals surface area contributed by atoms with Crippen LogP contribution in [0.2, 0.25) is 10.0 Å². The second-order valence-electron chi connectivity index (χ2n) is 10.5. The van der Waals surface area contributed by atoms with Crippen LogP contribution in [-0.2, 0) is 4.79 Å². The number of halogens is 2. The summed E-state index contributed by atoms with van der Waals surface area (Å²) in [6.07, 6.45) is 10.3. The van der Waals surface area contributed by atoms with Crippen LogP contribution in [0.4, 0.5) is 5.69 Å². The smallest absolute Gasteiger partial charge is 0.221 e. The van der Waals surface area contributed by atoms with Crippen LogP contribution in [0.3, 0.4) is 0 Å². The third kappa shape index (κ3) is 6.42. The first kappa shape index (κ1) is 26.8. The molecule has 8 heteroatoms. The van der Waals surface area contributed by atoms with Gasteiger partial charge in [-0.3, -0.25) is 9.59 Å². The van der Waals surface area contributed by atoms with Gasteiger partial charge in [0.1, 0.15) is 0 Å². The first-order valence-electron chi connectivity index (χ1n) is 13.4. The number of ketones is 1. The van der Waals surface area contributed by atoms with Crippen LogP contribution in [0.5, 0.6) is 0 Å². The summed E-state index contributed by atoms with van der Waals surface area (Å²) in [5, 5.41) is 4.97. The topological polar surface area (TPSA) is 68.4 Å². The largest absolute Gasteiger partial charge is 0.377 e. The maximum absolute atomic E-state index is 12.5. The monoisotopic (exact) mass is 552 g/mol. The summed E-state index contributed by atoms with van der Waals surface area (Å²) in [7, 11) is 0. The highest BCUT2D eigenvalue weighted by Crippen LogP contribution is 2.35. The Morgan fingerprint density at radius 3 is 2.47 bits per heavy atom. The summed E-state index contributed by atoms with van der Waals surface area (Å²) in [6, 6.07) is 11.1. The average Bonchev–Trinajstić information content (AvgIpc) is 3.33. The second kappa shape index (κ2) is 11.9. The Morgan fingerprint density at radius 1 is 1.00 bits per heavy atom. The molecule has 6 nitrogen and oxygen atoms in total. The van der Waals surface area contributed by atoms with Crippen molar-refractivity contribution in [2.24, 2.45) is 5.92 Å². The zero-order chi connectivity index (χ0) is 26.6. The number of rotatable bonds is 7. The number of likely N-dealkylation sites (tertiary alicyclic amines) is 2. The van der Waals surface area contributed by atoms with E-state index in [2.05, 4.69) is 32.4 Å². The lowest BCUT2D eigenvalue weighted by Gasteiger charge is -2.37. The molecular formula is C30H34Cl2N4O2. The molecule has 0 aliphatic carbocycles. The lowest BCUT2D eigenvalue weighted by Crippen LogP contribution is -2.40. The SMILES string of the molecule is CC(=O)Nc1ccc2[nH]cc(C3CCN(CC4CCN(/C=C/C(=O)c5ccc(Cl)c(Cl)c5)CC4)CC3)c2c1. The number of aromatic nitrogens is 1. The molecule has 0 unspecified atom stereocenters. The number of hydrogen-bond donors (Lipinski definition) is 2. The molecule has 38 heavy (non-hydrogen) atoms. The Balaban J connectivity index is 1.08. The van der Waals surface area contributed by atoms with Gasteiger partial charge in [-0.1, -0.05) is 23.2 Å². The van der Waals surface area contributed by atoms with Gasteiger partial charge in [0.25, 0.3) is 0 Å². The van der Waals surface area contributed by atoms with E-state index in [4.69, 9.17) is 23.2 Å². The van der Waals surface area contributed by atoms with E-state index >= 15 is 0 Å². The van der Waals surface area contributed by atoms with E-state index in [-0.39, 0.29) is 11.7 Å². The Labute approximate surface area is 234 Å². The highest BCUT2D eigenvalue weighted by Gasteiger charge is 2.26. The number of fused-ring (bicyclic) bond motifs is 1. The Bertz CT molecular complexity index is 1340. The first-order valence-corrected chi connectivity index (χ1v) is 14.1. The number of nitrogens with zero attached hydrogens (tertiary/aromatic N) is 2. The number of hydrogen-bond acceptors (Lipinski definition) is 4. The summed E-state index contributed by atoms with van der Waals surface area (Å²) >= 11 is 12.0. The van der Waals surface area contributed by atoms with Crippen LogP contribution in [-0.4, -0.2) is 59.2 Å². The van der Waals surface area contributed by atoms with Crippen molar-refractivity contribution in [2.45, 2.75) is 38.5 Å². The van der Waals surface area contributed by atoms with E-state index in [0.29, 0.717) is 27.4 Å². The van der Waals surface area contributed by atoms with Crippen molar-refractivity contribution in [3.05, 3.63) is 76.0 Å². The molecule has 3 aromatic rings. The van der Waals surface area contributed by atoms with Crippen LogP contribution in [0, 0.1) is 5.92 Å². The van der Waals surface area contributed by atoms with Gasteiger partial charge in [0, 0.05) is 67.2 Å². The number of carbonyl (C=O) groups is 2. The van der Waals surface area contributed by atoms with Gasteiger partial charge in [0.15, 0.2) is 5.78 Å². The zero-order valence-electron chi connectivity index (χ0n) is 21.7. The fourth-order valence-electron chi connectivity index (χ4n) is 5.76. The van der Waals surface area contributed by atoms with Crippen molar-refractivity contribution in [1.82, 2.24) is 14.8 Å². The maximum atomic E-state index is 12.5. The van der Waals surface area contributed by atoms with Crippen LogP contribution < -0.4 is 5.32 Å². The zero-order valence-corrected chi connectivity index (χ0v) is 23.2. The minimum atomic E-state index is -0.0601. The predicted octanol–water partition coefficient (Wildman–Crippen LogP) is 6.72. The summed E-state index contributed by atoms with van der Waals surface area (Å²) in [5.74, 6) is 1.12. The summed E-state index contributed by atoms with van der Waals surface area (Å²) in [4.78, 5) is 32.2. The molecule has 2 N–H and O–H groups in total. The van der Waals surface area contributed by atoms with Crippen molar-refractivity contribution in [1.29, 1.82) is 0 Å². The molecule has 2 aliphatic heterocycles. The summed E-state index contributed by atoms with van der Waals surface area (Å²) in [5.41, 5.74) is 3.89. The number of piperidine rings is 2. The van der Waals surface area contributed by atoms with Gasteiger partial charge in [-0.2, -0.15) is 0 Å². The lowest BCUT2D eigenvalue weighted by molar-refractivity contribution is -0.114. The molecule has 0 radical (unpaired) electrons.